The summed E-state index contributed by atoms with van der Waals surface area (Å²) in [5, 5.41) is 0. The second-order valence-electron chi connectivity index (χ2n) is 8.28. The van der Waals surface area contributed by atoms with Gasteiger partial charge < -0.3 is 9.47 Å². The SMILES string of the molecule is O=C1C=CC2(C=C1)CC[C@@]1(O[C@H](CC(=O)c3ccc(C(F)(F)F)cc3)c3ccccc31)O2. The van der Waals surface area contributed by atoms with Crippen LogP contribution in [0.5, 0.6) is 0 Å². The fraction of sp³-hybridized carbons (Fsp3) is 0.280. The van der Waals surface area contributed by atoms with Gasteiger partial charge in [-0.1, -0.05) is 36.4 Å². The largest absolute Gasteiger partial charge is 0.416 e. The molecule has 4 nitrogen and oxygen atoms in total. The Morgan fingerprint density at radius 3 is 2.38 bits per heavy atom. The Morgan fingerprint density at radius 1 is 1.00 bits per heavy atom. The second-order valence-corrected chi connectivity index (χ2v) is 8.28. The van der Waals surface area contributed by atoms with Gasteiger partial charge in [-0.15, -0.1) is 0 Å². The molecule has 2 atom stereocenters. The van der Waals surface area contributed by atoms with Crippen LogP contribution in [0.15, 0.2) is 72.8 Å². The van der Waals surface area contributed by atoms with Gasteiger partial charge in [0.25, 0.3) is 0 Å². The Bertz CT molecular complexity index is 1130. The summed E-state index contributed by atoms with van der Waals surface area (Å²) in [6, 6.07) is 11.7. The lowest BCUT2D eigenvalue weighted by Crippen LogP contribution is -2.32. The number of rotatable bonds is 3. The standard InChI is InChI=1S/C25H19F3O4/c26-25(27,28)17-7-5-16(6-8-17)21(30)15-22-19-3-1-2-4-20(19)24(31-22)14-13-23(32-24)11-9-18(29)10-12-23/h1-12,22H,13-15H2/t22-,24-/m1/s1. The first-order valence-corrected chi connectivity index (χ1v) is 10.3. The molecule has 3 aliphatic rings. The zero-order valence-corrected chi connectivity index (χ0v) is 16.9. The Kier molecular flexibility index (Phi) is 4.72. The number of ether oxygens (including phenoxy) is 2. The minimum absolute atomic E-state index is 0.0232. The number of hydrogen-bond donors (Lipinski definition) is 0. The van der Waals surface area contributed by atoms with E-state index >= 15 is 0 Å². The van der Waals surface area contributed by atoms with E-state index in [2.05, 4.69) is 0 Å². The monoisotopic (exact) mass is 440 g/mol. The van der Waals surface area contributed by atoms with Gasteiger partial charge in [-0.05, 0) is 48.4 Å². The van der Waals surface area contributed by atoms with Crippen LogP contribution in [0.25, 0.3) is 0 Å². The van der Waals surface area contributed by atoms with Crippen molar-refractivity contribution in [1.82, 2.24) is 0 Å². The molecule has 164 valence electrons. The van der Waals surface area contributed by atoms with Crippen molar-refractivity contribution >= 4 is 11.6 Å². The van der Waals surface area contributed by atoms with Crippen LogP contribution in [0.4, 0.5) is 13.2 Å². The summed E-state index contributed by atoms with van der Waals surface area (Å²) >= 11 is 0. The van der Waals surface area contributed by atoms with Crippen molar-refractivity contribution in [3.8, 4) is 0 Å². The number of halogens is 3. The van der Waals surface area contributed by atoms with Crippen LogP contribution in [0.2, 0.25) is 0 Å². The fourth-order valence-electron chi connectivity index (χ4n) is 4.60. The summed E-state index contributed by atoms with van der Waals surface area (Å²) in [4.78, 5) is 24.4. The van der Waals surface area contributed by atoms with E-state index in [1.54, 1.807) is 12.2 Å². The molecule has 2 aromatic rings. The number of hydrogen-bond acceptors (Lipinski definition) is 4. The average molecular weight is 440 g/mol. The topological polar surface area (TPSA) is 52.6 Å². The van der Waals surface area contributed by atoms with E-state index in [1.807, 2.05) is 24.3 Å². The molecular weight excluding hydrogens is 421 g/mol. The second kappa shape index (κ2) is 7.25. The molecule has 0 bridgehead atoms. The molecule has 0 N–H and O–H groups in total. The number of fused-ring (bicyclic) bond motifs is 2. The van der Waals surface area contributed by atoms with Gasteiger partial charge >= 0.3 is 6.18 Å². The summed E-state index contributed by atoms with van der Waals surface area (Å²) in [7, 11) is 0. The lowest BCUT2D eigenvalue weighted by atomic mass is 9.92. The van der Waals surface area contributed by atoms with Gasteiger partial charge in [-0.2, -0.15) is 13.2 Å². The lowest BCUT2D eigenvalue weighted by Gasteiger charge is -2.30. The highest BCUT2D eigenvalue weighted by Crippen LogP contribution is 2.55. The first-order valence-electron chi connectivity index (χ1n) is 10.3. The third kappa shape index (κ3) is 3.51. The number of allylic oxidation sites excluding steroid dienone is 2. The average Bonchev–Trinajstić information content (AvgIpc) is 3.28. The highest BCUT2D eigenvalue weighted by Gasteiger charge is 2.55. The molecule has 5 rings (SSSR count). The van der Waals surface area contributed by atoms with Gasteiger partial charge in [0.15, 0.2) is 17.4 Å². The summed E-state index contributed by atoms with van der Waals surface area (Å²) < 4.78 is 51.2. The van der Waals surface area contributed by atoms with Crippen LogP contribution in [0, 0.1) is 0 Å². The first kappa shape index (κ1) is 20.8. The quantitative estimate of drug-likeness (QED) is 0.596. The van der Waals surface area contributed by atoms with Crippen molar-refractivity contribution in [2.75, 3.05) is 0 Å². The molecule has 2 heterocycles. The minimum Gasteiger partial charge on any atom is -0.337 e. The molecule has 0 radical (unpaired) electrons. The Balaban J connectivity index is 1.39. The number of Topliss-reactive ketones (excluding diaryl/α,β-unsaturated/α-hetero) is 1. The summed E-state index contributed by atoms with van der Waals surface area (Å²) in [5.74, 6) is -1.46. The fourth-order valence-corrected chi connectivity index (χ4v) is 4.60. The molecule has 1 saturated heterocycles. The van der Waals surface area contributed by atoms with Gasteiger partial charge in [0.1, 0.15) is 5.60 Å². The molecular formula is C25H19F3O4. The van der Waals surface area contributed by atoms with E-state index in [-0.39, 0.29) is 23.6 Å². The van der Waals surface area contributed by atoms with E-state index in [4.69, 9.17) is 9.47 Å². The van der Waals surface area contributed by atoms with E-state index in [0.717, 1.165) is 23.3 Å². The third-order valence-corrected chi connectivity index (χ3v) is 6.21. The van der Waals surface area contributed by atoms with E-state index in [0.29, 0.717) is 12.8 Å². The van der Waals surface area contributed by atoms with Crippen LogP contribution in [0.3, 0.4) is 0 Å². The zero-order valence-electron chi connectivity index (χ0n) is 16.9. The van der Waals surface area contributed by atoms with Crippen molar-refractivity contribution in [2.45, 2.75) is 42.9 Å². The molecule has 0 unspecified atom stereocenters. The molecule has 0 saturated carbocycles. The van der Waals surface area contributed by atoms with Crippen LogP contribution < -0.4 is 0 Å². The highest BCUT2D eigenvalue weighted by molar-refractivity contribution is 6.00. The molecule has 32 heavy (non-hydrogen) atoms. The third-order valence-electron chi connectivity index (χ3n) is 6.21. The zero-order chi connectivity index (χ0) is 22.6. The van der Waals surface area contributed by atoms with Gasteiger partial charge in [0.05, 0.1) is 11.7 Å². The minimum atomic E-state index is -4.45. The van der Waals surface area contributed by atoms with Crippen molar-refractivity contribution < 1.29 is 32.2 Å². The number of carbonyl (C=O) groups is 2. The maximum absolute atomic E-state index is 12.8. The van der Waals surface area contributed by atoms with E-state index in [9.17, 15) is 22.8 Å². The molecule has 1 fully saturated rings. The number of carbonyl (C=O) groups excluding carboxylic acids is 2. The van der Waals surface area contributed by atoms with Crippen molar-refractivity contribution in [1.29, 1.82) is 0 Å². The van der Waals surface area contributed by atoms with E-state index < -0.39 is 29.2 Å². The maximum atomic E-state index is 12.8. The van der Waals surface area contributed by atoms with Crippen LogP contribution in [0.1, 0.15) is 52.4 Å². The van der Waals surface area contributed by atoms with Crippen LogP contribution in [-0.4, -0.2) is 17.2 Å². The Labute approximate surface area is 182 Å². The van der Waals surface area contributed by atoms with Crippen molar-refractivity contribution in [3.05, 3.63) is 95.1 Å². The highest BCUT2D eigenvalue weighted by atomic mass is 19.4. The normalized spacial score (nSPS) is 25.6. The van der Waals surface area contributed by atoms with Gasteiger partial charge in [-0.25, -0.2) is 0 Å². The predicted molar refractivity (Wildman–Crippen MR) is 109 cm³/mol. The van der Waals surface area contributed by atoms with E-state index in [1.165, 1.54) is 24.3 Å². The number of benzene rings is 2. The molecule has 2 aromatic carbocycles. The van der Waals surface area contributed by atoms with Crippen LogP contribution >= 0.6 is 0 Å². The predicted octanol–water partition coefficient (Wildman–Crippen LogP) is 5.45. The van der Waals surface area contributed by atoms with Crippen molar-refractivity contribution in [3.63, 3.8) is 0 Å². The Morgan fingerprint density at radius 2 is 1.69 bits per heavy atom. The molecule has 7 heteroatoms. The summed E-state index contributed by atoms with van der Waals surface area (Å²) in [5.41, 5.74) is 0.311. The molecule has 2 spiro atoms. The van der Waals surface area contributed by atoms with Crippen LogP contribution in [-0.2, 0) is 26.2 Å². The first-order chi connectivity index (χ1) is 15.2. The molecule has 0 aromatic heterocycles. The molecule has 0 amide bonds. The number of alkyl halides is 3. The maximum Gasteiger partial charge on any atom is 0.416 e. The van der Waals surface area contributed by atoms with Gasteiger partial charge in [-0.3, -0.25) is 9.59 Å². The van der Waals surface area contributed by atoms with Crippen molar-refractivity contribution in [2.24, 2.45) is 0 Å². The smallest absolute Gasteiger partial charge is 0.337 e. The lowest BCUT2D eigenvalue weighted by molar-refractivity contribution is -0.250. The number of ketones is 2. The Hall–Kier alpha value is -3.03. The molecule has 2 aliphatic heterocycles. The van der Waals surface area contributed by atoms with Gasteiger partial charge in [0, 0.05) is 24.0 Å². The summed E-state index contributed by atoms with van der Waals surface area (Å²) in [6.45, 7) is 0. The summed E-state index contributed by atoms with van der Waals surface area (Å²) in [6.07, 6.45) is 2.51. The molecule has 1 aliphatic carbocycles. The van der Waals surface area contributed by atoms with Gasteiger partial charge in [0.2, 0.25) is 0 Å².